The number of amides is 4. The monoisotopic (exact) mass is 378 g/mol. The highest BCUT2D eigenvalue weighted by molar-refractivity contribution is 6.20. The van der Waals surface area contributed by atoms with E-state index in [9.17, 15) is 24.0 Å². The van der Waals surface area contributed by atoms with E-state index >= 15 is 0 Å². The second-order valence-electron chi connectivity index (χ2n) is 6.35. The molecule has 8 nitrogen and oxygen atoms in total. The number of imide groups is 2. The Morgan fingerprint density at radius 3 is 2.04 bits per heavy atom. The van der Waals surface area contributed by atoms with Crippen molar-refractivity contribution >= 4 is 29.6 Å². The molecule has 28 heavy (non-hydrogen) atoms. The minimum atomic E-state index is -0.894. The lowest BCUT2D eigenvalue weighted by Gasteiger charge is -2.26. The number of hydrogen-bond donors (Lipinski definition) is 0. The van der Waals surface area contributed by atoms with E-state index in [-0.39, 0.29) is 30.5 Å². The first-order chi connectivity index (χ1) is 13.5. The van der Waals surface area contributed by atoms with Crippen molar-refractivity contribution in [2.45, 2.75) is 12.8 Å². The van der Waals surface area contributed by atoms with E-state index in [1.165, 1.54) is 12.1 Å². The molecule has 4 amide bonds. The Hall–Kier alpha value is -3.81. The van der Waals surface area contributed by atoms with Gasteiger partial charge in [0.25, 0.3) is 17.7 Å². The van der Waals surface area contributed by atoms with E-state index in [4.69, 9.17) is 4.84 Å². The van der Waals surface area contributed by atoms with Crippen LogP contribution in [0.5, 0.6) is 0 Å². The molecule has 2 heterocycles. The molecule has 0 spiro atoms. The summed E-state index contributed by atoms with van der Waals surface area (Å²) in [7, 11) is 0. The molecule has 0 aliphatic carbocycles. The van der Waals surface area contributed by atoms with Crippen molar-refractivity contribution in [3.8, 4) is 0 Å². The van der Waals surface area contributed by atoms with Gasteiger partial charge in [-0.3, -0.25) is 24.1 Å². The Kier molecular flexibility index (Phi) is 4.23. The Balaban J connectivity index is 1.41. The van der Waals surface area contributed by atoms with E-state index in [0.29, 0.717) is 16.2 Å². The van der Waals surface area contributed by atoms with Crippen LogP contribution in [0.4, 0.5) is 0 Å². The Morgan fingerprint density at radius 1 is 0.821 bits per heavy atom. The summed E-state index contributed by atoms with van der Waals surface area (Å²) in [5.41, 5.74) is 1.36. The van der Waals surface area contributed by atoms with Crippen LogP contribution in [0.15, 0.2) is 48.5 Å². The Bertz CT molecular complexity index is 1010. The Labute approximate surface area is 159 Å². The number of benzene rings is 2. The molecule has 0 atom stereocenters. The molecule has 8 heteroatoms. The van der Waals surface area contributed by atoms with E-state index in [1.54, 1.807) is 36.4 Å². The number of hydroxylamine groups is 2. The van der Waals surface area contributed by atoms with Crippen LogP contribution < -0.4 is 0 Å². The first-order valence-electron chi connectivity index (χ1n) is 8.58. The molecule has 2 aromatic carbocycles. The van der Waals surface area contributed by atoms with Gasteiger partial charge < -0.3 is 4.84 Å². The quantitative estimate of drug-likeness (QED) is 0.745. The van der Waals surface area contributed by atoms with Gasteiger partial charge in [0.2, 0.25) is 5.91 Å². The number of rotatable bonds is 4. The van der Waals surface area contributed by atoms with Crippen LogP contribution in [0.1, 0.15) is 43.1 Å². The fourth-order valence-corrected chi connectivity index (χ4v) is 3.23. The number of carbonyl (C=O) groups is 5. The van der Waals surface area contributed by atoms with Crippen molar-refractivity contribution in [3.63, 3.8) is 0 Å². The minimum absolute atomic E-state index is 0.0648. The van der Waals surface area contributed by atoms with Gasteiger partial charge in [-0.25, -0.2) is 4.79 Å². The summed E-state index contributed by atoms with van der Waals surface area (Å²) in [5, 5.41) is 0.405. The van der Waals surface area contributed by atoms with Gasteiger partial charge in [-0.05, 0) is 23.8 Å². The van der Waals surface area contributed by atoms with E-state index in [2.05, 4.69) is 0 Å². The molecule has 2 aliphatic rings. The lowest BCUT2D eigenvalue weighted by Crippen LogP contribution is -2.43. The molecule has 0 fully saturated rings. The molecule has 2 aromatic rings. The van der Waals surface area contributed by atoms with Gasteiger partial charge in [0.05, 0.1) is 24.0 Å². The van der Waals surface area contributed by atoms with Crippen LogP contribution in [0.25, 0.3) is 0 Å². The zero-order valence-corrected chi connectivity index (χ0v) is 14.6. The number of fused-ring (bicyclic) bond motifs is 2. The normalized spacial score (nSPS) is 15.6. The maximum absolute atomic E-state index is 12.5. The largest absolute Gasteiger partial charge is 0.335 e. The molecule has 0 unspecified atom stereocenters. The maximum Gasteiger partial charge on any atom is 0.335 e. The summed E-state index contributed by atoms with van der Waals surface area (Å²) >= 11 is 0. The van der Waals surface area contributed by atoms with Gasteiger partial charge in [0, 0.05) is 12.1 Å². The molecule has 0 N–H and O–H groups in total. The van der Waals surface area contributed by atoms with Crippen molar-refractivity contribution in [3.05, 3.63) is 70.8 Å². The number of carbonyl (C=O) groups excluding carboxylic acids is 5. The summed E-state index contributed by atoms with van der Waals surface area (Å²) in [4.78, 5) is 67.1. The Morgan fingerprint density at radius 2 is 1.39 bits per heavy atom. The fourth-order valence-electron chi connectivity index (χ4n) is 3.23. The molecule has 2 aliphatic heterocycles. The SMILES string of the molecule is O=C(CCN1C(=O)Cc2ccccc2C1=O)ON1C(=O)c2ccccc2C1=O. The zero-order chi connectivity index (χ0) is 19.8. The van der Waals surface area contributed by atoms with Crippen molar-refractivity contribution in [2.24, 2.45) is 0 Å². The third kappa shape index (κ3) is 2.84. The second kappa shape index (κ2) is 6.73. The summed E-state index contributed by atoms with van der Waals surface area (Å²) in [6, 6.07) is 12.9. The van der Waals surface area contributed by atoms with Gasteiger partial charge in [-0.15, -0.1) is 0 Å². The van der Waals surface area contributed by atoms with Gasteiger partial charge in [0.15, 0.2) is 0 Å². The van der Waals surface area contributed by atoms with Crippen LogP contribution >= 0.6 is 0 Å². The fraction of sp³-hybridized carbons (Fsp3) is 0.150. The number of hydrogen-bond acceptors (Lipinski definition) is 6. The van der Waals surface area contributed by atoms with Crippen LogP contribution in [-0.4, -0.2) is 46.1 Å². The first kappa shape index (κ1) is 17.6. The second-order valence-corrected chi connectivity index (χ2v) is 6.35. The molecule has 0 aromatic heterocycles. The standard InChI is InChI=1S/C20H14N2O6/c23-16-11-12-5-1-2-6-13(12)18(25)21(16)10-9-17(24)28-22-19(26)14-7-3-4-8-15(14)20(22)27/h1-8H,9-11H2. The van der Waals surface area contributed by atoms with Crippen LogP contribution in [-0.2, 0) is 20.8 Å². The van der Waals surface area contributed by atoms with Crippen molar-refractivity contribution in [1.29, 1.82) is 0 Å². The highest BCUT2D eigenvalue weighted by Gasteiger charge is 2.39. The van der Waals surface area contributed by atoms with Crippen molar-refractivity contribution < 1.29 is 28.8 Å². The van der Waals surface area contributed by atoms with E-state index < -0.39 is 29.6 Å². The molecule has 4 rings (SSSR count). The molecule has 140 valence electrons. The van der Waals surface area contributed by atoms with Crippen LogP contribution in [0.3, 0.4) is 0 Å². The smallest absolute Gasteiger partial charge is 0.330 e. The minimum Gasteiger partial charge on any atom is -0.330 e. The third-order valence-corrected chi connectivity index (χ3v) is 4.63. The summed E-state index contributed by atoms with van der Waals surface area (Å²) < 4.78 is 0. The molecule has 0 radical (unpaired) electrons. The predicted molar refractivity (Wildman–Crippen MR) is 93.8 cm³/mol. The van der Waals surface area contributed by atoms with Crippen molar-refractivity contribution in [2.75, 3.05) is 6.54 Å². The molecule has 0 bridgehead atoms. The lowest BCUT2D eigenvalue weighted by atomic mass is 9.98. The highest BCUT2D eigenvalue weighted by Crippen LogP contribution is 2.23. The highest BCUT2D eigenvalue weighted by atomic mass is 16.7. The first-order valence-corrected chi connectivity index (χ1v) is 8.58. The third-order valence-electron chi connectivity index (χ3n) is 4.63. The van der Waals surface area contributed by atoms with Crippen LogP contribution in [0, 0.1) is 0 Å². The zero-order valence-electron chi connectivity index (χ0n) is 14.6. The topological polar surface area (TPSA) is 101 Å². The van der Waals surface area contributed by atoms with Gasteiger partial charge in [-0.1, -0.05) is 35.4 Å². The summed E-state index contributed by atoms with van der Waals surface area (Å²) in [6.07, 6.45) is -0.275. The maximum atomic E-state index is 12.5. The lowest BCUT2D eigenvalue weighted by molar-refractivity contribution is -0.168. The molecular formula is C20H14N2O6. The average molecular weight is 378 g/mol. The summed E-state index contributed by atoms with van der Waals surface area (Å²) in [5.74, 6) is -3.26. The number of nitrogens with zero attached hydrogens (tertiary/aromatic N) is 2. The van der Waals surface area contributed by atoms with Crippen molar-refractivity contribution in [1.82, 2.24) is 9.96 Å². The van der Waals surface area contributed by atoms with Crippen LogP contribution in [0.2, 0.25) is 0 Å². The van der Waals surface area contributed by atoms with Gasteiger partial charge in [-0.2, -0.15) is 0 Å². The van der Waals surface area contributed by atoms with Gasteiger partial charge >= 0.3 is 5.97 Å². The predicted octanol–water partition coefficient (Wildman–Crippen LogP) is 1.36. The average Bonchev–Trinajstić information content (AvgIpc) is 2.93. The molecule has 0 saturated heterocycles. The van der Waals surface area contributed by atoms with E-state index in [0.717, 1.165) is 4.90 Å². The van der Waals surface area contributed by atoms with E-state index in [1.807, 2.05) is 0 Å². The summed E-state index contributed by atoms with van der Waals surface area (Å²) in [6.45, 7) is -0.200. The molecule has 0 saturated carbocycles. The molecular weight excluding hydrogens is 364 g/mol. The van der Waals surface area contributed by atoms with Gasteiger partial charge in [0.1, 0.15) is 0 Å².